The Morgan fingerprint density at radius 2 is 1.85 bits per heavy atom. The number of hydrogen-bond donors (Lipinski definition) is 0. The molecule has 0 radical (unpaired) electrons. The second-order valence-corrected chi connectivity index (χ2v) is 7.24. The summed E-state index contributed by atoms with van der Waals surface area (Å²) in [5, 5.41) is 1.07. The van der Waals surface area contributed by atoms with E-state index < -0.39 is 6.04 Å². The summed E-state index contributed by atoms with van der Waals surface area (Å²) in [5.41, 5.74) is 1.87. The fourth-order valence-electron chi connectivity index (χ4n) is 3.19. The third-order valence-corrected chi connectivity index (χ3v) is 5.10. The van der Waals surface area contributed by atoms with Gasteiger partial charge < -0.3 is 9.64 Å². The maximum atomic E-state index is 13.3. The summed E-state index contributed by atoms with van der Waals surface area (Å²) in [7, 11) is 1.83. The minimum atomic E-state index is -0.447. The van der Waals surface area contributed by atoms with Gasteiger partial charge in [0.15, 0.2) is 0 Å². The van der Waals surface area contributed by atoms with E-state index in [9.17, 15) is 4.79 Å². The summed E-state index contributed by atoms with van der Waals surface area (Å²) in [5.74, 6) is 0.0139. The zero-order valence-corrected chi connectivity index (χ0v) is 16.2. The first-order valence-electron chi connectivity index (χ1n) is 8.62. The standard InChI is InChI=1S/C20H22Cl2N2O2/c1-23(14-15-5-3-2-4-6-15)20(25)19(24-9-11-26-12-10-24)17-8-7-16(21)13-18(17)22/h2-8,13,19H,9-12,14H2,1H3. The molecule has 0 spiro atoms. The third kappa shape index (κ3) is 4.57. The molecule has 6 heteroatoms. The van der Waals surface area contributed by atoms with Crippen molar-refractivity contribution in [2.24, 2.45) is 0 Å². The van der Waals surface area contributed by atoms with Crippen LogP contribution in [0.5, 0.6) is 0 Å². The van der Waals surface area contributed by atoms with Gasteiger partial charge in [0.1, 0.15) is 6.04 Å². The molecule has 3 rings (SSSR count). The predicted octanol–water partition coefficient (Wildman–Crippen LogP) is 4.03. The molecule has 0 aliphatic carbocycles. The van der Waals surface area contributed by atoms with Crippen LogP contribution < -0.4 is 0 Å². The molecular formula is C20H22Cl2N2O2. The van der Waals surface area contributed by atoms with Gasteiger partial charge in [0.05, 0.1) is 13.2 Å². The topological polar surface area (TPSA) is 32.8 Å². The normalized spacial score (nSPS) is 16.3. The molecule has 0 saturated carbocycles. The summed E-state index contributed by atoms with van der Waals surface area (Å²) in [6.07, 6.45) is 0. The second kappa shape index (κ2) is 8.87. The van der Waals surface area contributed by atoms with Crippen LogP contribution in [0.4, 0.5) is 0 Å². The molecule has 1 unspecified atom stereocenters. The SMILES string of the molecule is CN(Cc1ccccc1)C(=O)C(c1ccc(Cl)cc1Cl)N1CCOCC1. The van der Waals surface area contributed by atoms with Crippen molar-refractivity contribution in [1.82, 2.24) is 9.80 Å². The van der Waals surface area contributed by atoms with Gasteiger partial charge in [-0.25, -0.2) is 0 Å². The van der Waals surface area contributed by atoms with Gasteiger partial charge >= 0.3 is 0 Å². The Balaban J connectivity index is 1.87. The van der Waals surface area contributed by atoms with E-state index in [0.717, 1.165) is 11.1 Å². The minimum Gasteiger partial charge on any atom is -0.379 e. The molecule has 1 atom stereocenters. The zero-order chi connectivity index (χ0) is 18.5. The van der Waals surface area contributed by atoms with Crippen molar-refractivity contribution < 1.29 is 9.53 Å². The van der Waals surface area contributed by atoms with E-state index in [-0.39, 0.29) is 5.91 Å². The van der Waals surface area contributed by atoms with Gasteiger partial charge in [0.2, 0.25) is 5.91 Å². The van der Waals surface area contributed by atoms with Crippen LogP contribution in [-0.4, -0.2) is 49.1 Å². The first-order valence-corrected chi connectivity index (χ1v) is 9.37. The van der Waals surface area contributed by atoms with Crippen molar-refractivity contribution in [2.45, 2.75) is 12.6 Å². The Morgan fingerprint density at radius 3 is 2.50 bits per heavy atom. The van der Waals surface area contributed by atoms with Crippen LogP contribution in [0.25, 0.3) is 0 Å². The highest BCUT2D eigenvalue weighted by Gasteiger charge is 2.32. The molecule has 2 aromatic rings. The molecule has 1 heterocycles. The van der Waals surface area contributed by atoms with Crippen molar-refractivity contribution in [3.63, 3.8) is 0 Å². The largest absolute Gasteiger partial charge is 0.379 e. The van der Waals surface area contributed by atoms with Gasteiger partial charge in [-0.15, -0.1) is 0 Å². The number of hydrogen-bond acceptors (Lipinski definition) is 3. The molecule has 1 saturated heterocycles. The van der Waals surface area contributed by atoms with Gasteiger partial charge in [0, 0.05) is 36.7 Å². The highest BCUT2D eigenvalue weighted by Crippen LogP contribution is 2.32. The number of morpholine rings is 1. The van der Waals surface area contributed by atoms with Crippen LogP contribution >= 0.6 is 23.2 Å². The van der Waals surface area contributed by atoms with Gasteiger partial charge in [-0.05, 0) is 23.3 Å². The molecule has 0 N–H and O–H groups in total. The number of ether oxygens (including phenoxy) is 1. The Morgan fingerprint density at radius 1 is 1.15 bits per heavy atom. The molecule has 0 aromatic heterocycles. The quantitative estimate of drug-likeness (QED) is 0.769. The molecule has 26 heavy (non-hydrogen) atoms. The summed E-state index contributed by atoms with van der Waals surface area (Å²) < 4.78 is 5.45. The zero-order valence-electron chi connectivity index (χ0n) is 14.7. The van der Waals surface area contributed by atoms with Crippen LogP contribution in [0.15, 0.2) is 48.5 Å². The van der Waals surface area contributed by atoms with E-state index in [1.165, 1.54) is 0 Å². The fraction of sp³-hybridized carbons (Fsp3) is 0.350. The maximum absolute atomic E-state index is 13.3. The minimum absolute atomic E-state index is 0.0139. The Hall–Kier alpha value is -1.59. The molecule has 2 aromatic carbocycles. The number of rotatable bonds is 5. The highest BCUT2D eigenvalue weighted by atomic mass is 35.5. The molecule has 138 valence electrons. The van der Waals surface area contributed by atoms with Crippen LogP contribution in [-0.2, 0) is 16.1 Å². The first kappa shape index (κ1) is 19.2. The van der Waals surface area contributed by atoms with Crippen LogP contribution in [0, 0.1) is 0 Å². The number of carbonyl (C=O) groups is 1. The van der Waals surface area contributed by atoms with E-state index in [0.29, 0.717) is 42.9 Å². The van der Waals surface area contributed by atoms with E-state index in [2.05, 4.69) is 4.90 Å². The van der Waals surface area contributed by atoms with Gasteiger partial charge in [0.25, 0.3) is 0 Å². The van der Waals surface area contributed by atoms with Crippen molar-refractivity contribution in [1.29, 1.82) is 0 Å². The molecule has 1 fully saturated rings. The molecule has 0 bridgehead atoms. The molecule has 1 aliphatic heterocycles. The van der Waals surface area contributed by atoms with Crippen molar-refractivity contribution in [3.05, 3.63) is 69.7 Å². The smallest absolute Gasteiger partial charge is 0.244 e. The second-order valence-electron chi connectivity index (χ2n) is 6.40. The van der Waals surface area contributed by atoms with Crippen LogP contribution in [0.2, 0.25) is 10.0 Å². The van der Waals surface area contributed by atoms with E-state index in [4.69, 9.17) is 27.9 Å². The monoisotopic (exact) mass is 392 g/mol. The summed E-state index contributed by atoms with van der Waals surface area (Å²) >= 11 is 12.5. The van der Waals surface area contributed by atoms with Crippen LogP contribution in [0.1, 0.15) is 17.2 Å². The lowest BCUT2D eigenvalue weighted by Gasteiger charge is -2.36. The summed E-state index contributed by atoms with van der Waals surface area (Å²) in [4.78, 5) is 17.2. The Bertz CT molecular complexity index is 749. The number of amides is 1. The number of nitrogens with zero attached hydrogens (tertiary/aromatic N) is 2. The lowest BCUT2D eigenvalue weighted by molar-refractivity contribution is -0.138. The number of carbonyl (C=O) groups excluding carboxylic acids is 1. The third-order valence-electron chi connectivity index (χ3n) is 4.54. The van der Waals surface area contributed by atoms with E-state index >= 15 is 0 Å². The Labute approximate surface area is 164 Å². The summed E-state index contributed by atoms with van der Waals surface area (Å²) in [6.45, 7) is 3.14. The highest BCUT2D eigenvalue weighted by molar-refractivity contribution is 6.35. The lowest BCUT2D eigenvalue weighted by Crippen LogP contribution is -2.46. The number of likely N-dealkylation sites (N-methyl/N-ethyl adjacent to an activating group) is 1. The molecule has 1 amide bonds. The number of benzene rings is 2. The van der Waals surface area contributed by atoms with Gasteiger partial charge in [-0.3, -0.25) is 9.69 Å². The predicted molar refractivity (Wildman–Crippen MR) is 105 cm³/mol. The van der Waals surface area contributed by atoms with Gasteiger partial charge in [-0.2, -0.15) is 0 Å². The van der Waals surface area contributed by atoms with Crippen molar-refractivity contribution >= 4 is 29.1 Å². The molecule has 1 aliphatic rings. The van der Waals surface area contributed by atoms with Gasteiger partial charge in [-0.1, -0.05) is 59.6 Å². The van der Waals surface area contributed by atoms with E-state index in [1.807, 2.05) is 43.4 Å². The fourth-order valence-corrected chi connectivity index (χ4v) is 3.70. The Kier molecular flexibility index (Phi) is 6.54. The van der Waals surface area contributed by atoms with Crippen molar-refractivity contribution in [2.75, 3.05) is 33.4 Å². The molecular weight excluding hydrogens is 371 g/mol. The molecule has 4 nitrogen and oxygen atoms in total. The maximum Gasteiger partial charge on any atom is 0.244 e. The number of halogens is 2. The first-order chi connectivity index (χ1) is 12.6. The van der Waals surface area contributed by atoms with Crippen molar-refractivity contribution in [3.8, 4) is 0 Å². The lowest BCUT2D eigenvalue weighted by atomic mass is 10.0. The van der Waals surface area contributed by atoms with E-state index in [1.54, 1.807) is 17.0 Å². The average molecular weight is 393 g/mol. The van der Waals surface area contributed by atoms with Crippen LogP contribution in [0.3, 0.4) is 0 Å². The summed E-state index contributed by atoms with van der Waals surface area (Å²) in [6, 6.07) is 14.8. The average Bonchev–Trinajstić information content (AvgIpc) is 2.65.